The van der Waals surface area contributed by atoms with Gasteiger partial charge in [0.15, 0.2) is 0 Å². The average Bonchev–Trinajstić information content (AvgIpc) is 2.47. The molecule has 98 valence electrons. The van der Waals surface area contributed by atoms with Crippen LogP contribution < -0.4 is 11.1 Å². The van der Waals surface area contributed by atoms with Crippen LogP contribution in [-0.2, 0) is 4.79 Å². The first-order valence-corrected chi connectivity index (χ1v) is 6.43. The SMILES string of the molecule is CC[C@@H](N)C(=O)Nc1ccccc1-c1ccccc1. The maximum absolute atomic E-state index is 11.9. The summed E-state index contributed by atoms with van der Waals surface area (Å²) in [7, 11) is 0. The molecule has 0 saturated heterocycles. The van der Waals surface area contributed by atoms with Crippen LogP contribution >= 0.6 is 0 Å². The predicted molar refractivity (Wildman–Crippen MR) is 78.8 cm³/mol. The highest BCUT2D eigenvalue weighted by Crippen LogP contribution is 2.27. The van der Waals surface area contributed by atoms with Crippen LogP contribution in [-0.4, -0.2) is 11.9 Å². The van der Waals surface area contributed by atoms with Crippen molar-refractivity contribution in [2.24, 2.45) is 5.73 Å². The molecule has 2 aromatic carbocycles. The third kappa shape index (κ3) is 3.20. The van der Waals surface area contributed by atoms with Crippen molar-refractivity contribution in [2.45, 2.75) is 19.4 Å². The van der Waals surface area contributed by atoms with E-state index in [1.807, 2.05) is 61.5 Å². The standard InChI is InChI=1S/C16H18N2O/c1-2-14(17)16(19)18-15-11-7-6-10-13(15)12-8-4-3-5-9-12/h3-11,14H,2,17H2,1H3,(H,18,19)/t14-/m1/s1. The summed E-state index contributed by atoms with van der Waals surface area (Å²) in [6.45, 7) is 1.90. The molecule has 0 aromatic heterocycles. The first-order chi connectivity index (χ1) is 9.22. The largest absolute Gasteiger partial charge is 0.324 e. The van der Waals surface area contributed by atoms with Crippen molar-refractivity contribution in [1.29, 1.82) is 0 Å². The highest BCUT2D eigenvalue weighted by Gasteiger charge is 2.13. The number of benzene rings is 2. The van der Waals surface area contributed by atoms with Crippen molar-refractivity contribution in [1.82, 2.24) is 0 Å². The van der Waals surface area contributed by atoms with Gasteiger partial charge in [0.05, 0.1) is 6.04 Å². The lowest BCUT2D eigenvalue weighted by Gasteiger charge is -2.14. The van der Waals surface area contributed by atoms with Gasteiger partial charge in [-0.3, -0.25) is 4.79 Å². The lowest BCUT2D eigenvalue weighted by Crippen LogP contribution is -2.34. The minimum absolute atomic E-state index is 0.147. The topological polar surface area (TPSA) is 55.1 Å². The Morgan fingerprint density at radius 2 is 1.74 bits per heavy atom. The van der Waals surface area contributed by atoms with E-state index in [1.54, 1.807) is 0 Å². The molecule has 2 rings (SSSR count). The van der Waals surface area contributed by atoms with E-state index in [-0.39, 0.29) is 5.91 Å². The Hall–Kier alpha value is -2.13. The molecular weight excluding hydrogens is 236 g/mol. The van der Waals surface area contributed by atoms with Crippen LogP contribution in [0.2, 0.25) is 0 Å². The van der Waals surface area contributed by atoms with E-state index in [2.05, 4.69) is 5.32 Å². The fourth-order valence-corrected chi connectivity index (χ4v) is 1.87. The molecule has 0 aliphatic heterocycles. The lowest BCUT2D eigenvalue weighted by molar-refractivity contribution is -0.117. The number of rotatable bonds is 4. The average molecular weight is 254 g/mol. The molecule has 3 heteroatoms. The molecule has 3 nitrogen and oxygen atoms in total. The first-order valence-electron chi connectivity index (χ1n) is 6.43. The summed E-state index contributed by atoms with van der Waals surface area (Å²) in [4.78, 5) is 11.9. The number of hydrogen-bond donors (Lipinski definition) is 2. The van der Waals surface area contributed by atoms with Crippen LogP contribution in [0.3, 0.4) is 0 Å². The molecule has 0 bridgehead atoms. The number of amides is 1. The molecule has 0 aliphatic rings. The predicted octanol–water partition coefficient (Wildman–Crippen LogP) is 3.03. The van der Waals surface area contributed by atoms with Crippen molar-refractivity contribution in [3.05, 3.63) is 54.6 Å². The van der Waals surface area contributed by atoms with Gasteiger partial charge >= 0.3 is 0 Å². The molecule has 19 heavy (non-hydrogen) atoms. The maximum Gasteiger partial charge on any atom is 0.241 e. The Labute approximate surface area is 113 Å². The summed E-state index contributed by atoms with van der Waals surface area (Å²) in [6.07, 6.45) is 0.624. The Balaban J connectivity index is 2.30. The number of nitrogens with two attached hydrogens (primary N) is 1. The summed E-state index contributed by atoms with van der Waals surface area (Å²) < 4.78 is 0. The van der Waals surface area contributed by atoms with Gasteiger partial charge in [0.1, 0.15) is 0 Å². The molecule has 1 atom stereocenters. The minimum atomic E-state index is -0.469. The summed E-state index contributed by atoms with van der Waals surface area (Å²) in [6, 6.07) is 17.2. The fraction of sp³-hybridized carbons (Fsp3) is 0.188. The molecule has 0 radical (unpaired) electrons. The Bertz CT molecular complexity index is 552. The quantitative estimate of drug-likeness (QED) is 0.881. The van der Waals surface area contributed by atoms with Crippen molar-refractivity contribution in [3.63, 3.8) is 0 Å². The van der Waals surface area contributed by atoms with Crippen molar-refractivity contribution >= 4 is 11.6 Å². The van der Waals surface area contributed by atoms with Gasteiger partial charge in [0.25, 0.3) is 0 Å². The molecule has 1 amide bonds. The van der Waals surface area contributed by atoms with Crippen LogP contribution in [0.4, 0.5) is 5.69 Å². The zero-order valence-electron chi connectivity index (χ0n) is 11.0. The first kappa shape index (κ1) is 13.3. The van der Waals surface area contributed by atoms with E-state index >= 15 is 0 Å². The second-order valence-corrected chi connectivity index (χ2v) is 4.42. The van der Waals surface area contributed by atoms with Gasteiger partial charge in [-0.2, -0.15) is 0 Å². The minimum Gasteiger partial charge on any atom is -0.324 e. The molecule has 0 aliphatic carbocycles. The van der Waals surface area contributed by atoms with Crippen molar-refractivity contribution in [3.8, 4) is 11.1 Å². The highest BCUT2D eigenvalue weighted by molar-refractivity contribution is 5.98. The molecule has 0 saturated carbocycles. The zero-order chi connectivity index (χ0) is 13.7. The van der Waals surface area contributed by atoms with Gasteiger partial charge in [-0.15, -0.1) is 0 Å². The number of nitrogens with one attached hydrogen (secondary N) is 1. The monoisotopic (exact) mass is 254 g/mol. The zero-order valence-corrected chi connectivity index (χ0v) is 11.0. The summed E-state index contributed by atoms with van der Waals surface area (Å²) in [5.41, 5.74) is 8.61. The Morgan fingerprint density at radius 3 is 2.42 bits per heavy atom. The van der Waals surface area contributed by atoms with Crippen LogP contribution in [0.5, 0.6) is 0 Å². The number of anilines is 1. The van der Waals surface area contributed by atoms with Crippen molar-refractivity contribution in [2.75, 3.05) is 5.32 Å². The van der Waals surface area contributed by atoms with Gasteiger partial charge < -0.3 is 11.1 Å². The maximum atomic E-state index is 11.9. The summed E-state index contributed by atoms with van der Waals surface area (Å²) in [5, 5.41) is 2.90. The van der Waals surface area contributed by atoms with E-state index in [1.165, 1.54) is 0 Å². The molecule has 2 aromatic rings. The Kier molecular flexibility index (Phi) is 4.31. The molecule has 3 N–H and O–H groups in total. The molecular formula is C16H18N2O. The van der Waals surface area contributed by atoms with E-state index in [4.69, 9.17) is 5.73 Å². The molecule has 0 heterocycles. The van der Waals surface area contributed by atoms with Crippen molar-refractivity contribution < 1.29 is 4.79 Å². The third-order valence-electron chi connectivity index (χ3n) is 3.05. The number of para-hydroxylation sites is 1. The van der Waals surface area contributed by atoms with E-state index in [9.17, 15) is 4.79 Å². The number of carbonyl (C=O) groups excluding carboxylic acids is 1. The van der Waals surface area contributed by atoms with E-state index < -0.39 is 6.04 Å². The second kappa shape index (κ2) is 6.16. The Morgan fingerprint density at radius 1 is 1.11 bits per heavy atom. The normalized spacial score (nSPS) is 11.9. The number of carbonyl (C=O) groups is 1. The second-order valence-electron chi connectivity index (χ2n) is 4.42. The van der Waals surface area contributed by atoms with Crippen LogP contribution in [0, 0.1) is 0 Å². The summed E-state index contributed by atoms with van der Waals surface area (Å²) in [5.74, 6) is -0.147. The lowest BCUT2D eigenvalue weighted by atomic mass is 10.0. The fourth-order valence-electron chi connectivity index (χ4n) is 1.87. The molecule has 0 fully saturated rings. The highest BCUT2D eigenvalue weighted by atomic mass is 16.2. The van der Waals surface area contributed by atoms with Crippen LogP contribution in [0.15, 0.2) is 54.6 Å². The van der Waals surface area contributed by atoms with Gasteiger partial charge in [-0.1, -0.05) is 55.5 Å². The third-order valence-corrected chi connectivity index (χ3v) is 3.05. The van der Waals surface area contributed by atoms with Gasteiger partial charge in [-0.05, 0) is 18.1 Å². The van der Waals surface area contributed by atoms with Gasteiger partial charge in [0.2, 0.25) is 5.91 Å². The smallest absolute Gasteiger partial charge is 0.241 e. The summed E-state index contributed by atoms with van der Waals surface area (Å²) >= 11 is 0. The van der Waals surface area contributed by atoms with Crippen LogP contribution in [0.25, 0.3) is 11.1 Å². The van der Waals surface area contributed by atoms with Gasteiger partial charge in [-0.25, -0.2) is 0 Å². The van der Waals surface area contributed by atoms with E-state index in [0.717, 1.165) is 16.8 Å². The van der Waals surface area contributed by atoms with Gasteiger partial charge in [0, 0.05) is 11.3 Å². The number of hydrogen-bond acceptors (Lipinski definition) is 2. The molecule has 0 spiro atoms. The van der Waals surface area contributed by atoms with E-state index in [0.29, 0.717) is 6.42 Å². The molecule has 0 unspecified atom stereocenters. The van der Waals surface area contributed by atoms with Crippen LogP contribution in [0.1, 0.15) is 13.3 Å².